The number of primary amides is 1. The minimum Gasteiger partial charge on any atom is -0.370 e. The number of hydrogen-bond acceptors (Lipinski definition) is 3. The van der Waals surface area contributed by atoms with Gasteiger partial charge in [0, 0.05) is 36.4 Å². The lowest BCUT2D eigenvalue weighted by Crippen LogP contribution is -2.51. The zero-order valence-electron chi connectivity index (χ0n) is 15.7. The highest BCUT2D eigenvalue weighted by molar-refractivity contribution is 5.88. The maximum absolute atomic E-state index is 13.0. The van der Waals surface area contributed by atoms with Gasteiger partial charge in [0.2, 0.25) is 17.7 Å². The minimum absolute atomic E-state index is 0.0231. The monoisotopic (exact) mass is 339 g/mol. The van der Waals surface area contributed by atoms with E-state index in [1.807, 2.05) is 34.6 Å². The van der Waals surface area contributed by atoms with Crippen LogP contribution in [0.1, 0.15) is 66.7 Å². The molecular weight excluding hydrogens is 306 g/mol. The Kier molecular flexibility index (Phi) is 7.24. The van der Waals surface area contributed by atoms with Crippen LogP contribution in [-0.2, 0) is 14.4 Å². The number of amides is 3. The molecule has 0 spiro atoms. The number of nitrogens with zero attached hydrogens (tertiary/aromatic N) is 1. The topological polar surface area (TPSA) is 92.5 Å². The molecule has 0 heterocycles. The third-order valence-corrected chi connectivity index (χ3v) is 4.42. The highest BCUT2D eigenvalue weighted by atomic mass is 16.2. The van der Waals surface area contributed by atoms with Crippen molar-refractivity contribution in [3.63, 3.8) is 0 Å². The molecule has 1 aliphatic rings. The summed E-state index contributed by atoms with van der Waals surface area (Å²) in [6, 6.07) is -0.0231. The van der Waals surface area contributed by atoms with Crippen LogP contribution in [0.2, 0.25) is 0 Å². The number of hydrogen-bond donors (Lipinski definition) is 2. The highest BCUT2D eigenvalue weighted by Gasteiger charge is 2.39. The second kappa shape index (κ2) is 8.49. The summed E-state index contributed by atoms with van der Waals surface area (Å²) in [7, 11) is 0. The van der Waals surface area contributed by atoms with E-state index in [0.717, 1.165) is 25.7 Å². The maximum atomic E-state index is 13.0. The van der Waals surface area contributed by atoms with Crippen LogP contribution < -0.4 is 11.1 Å². The fourth-order valence-electron chi connectivity index (χ4n) is 3.27. The van der Waals surface area contributed by atoms with Gasteiger partial charge in [-0.15, -0.1) is 0 Å². The normalized spacial score (nSPS) is 21.4. The second-order valence-corrected chi connectivity index (χ2v) is 8.08. The molecule has 138 valence electrons. The Labute approximate surface area is 145 Å². The summed E-state index contributed by atoms with van der Waals surface area (Å²) in [4.78, 5) is 38.4. The van der Waals surface area contributed by atoms with Crippen LogP contribution in [-0.4, -0.2) is 40.7 Å². The predicted molar refractivity (Wildman–Crippen MR) is 94.0 cm³/mol. The van der Waals surface area contributed by atoms with E-state index in [0.29, 0.717) is 6.54 Å². The van der Waals surface area contributed by atoms with Crippen LogP contribution in [0.25, 0.3) is 0 Å². The molecule has 6 heteroatoms. The third-order valence-electron chi connectivity index (χ3n) is 4.42. The van der Waals surface area contributed by atoms with Gasteiger partial charge in [0.25, 0.3) is 0 Å². The van der Waals surface area contributed by atoms with E-state index in [4.69, 9.17) is 5.73 Å². The molecule has 1 rings (SSSR count). The van der Waals surface area contributed by atoms with Gasteiger partial charge < -0.3 is 16.0 Å². The Hall–Kier alpha value is -1.59. The van der Waals surface area contributed by atoms with E-state index < -0.39 is 5.91 Å². The van der Waals surface area contributed by atoms with Gasteiger partial charge in [-0.3, -0.25) is 14.4 Å². The number of carbonyl (C=O) groups excluding carboxylic acids is 3. The molecule has 0 aromatic heterocycles. The van der Waals surface area contributed by atoms with Crippen molar-refractivity contribution in [3.8, 4) is 0 Å². The van der Waals surface area contributed by atoms with E-state index in [9.17, 15) is 14.4 Å². The molecule has 0 aliphatic heterocycles. The Balaban J connectivity index is 2.89. The molecule has 0 radical (unpaired) electrons. The van der Waals surface area contributed by atoms with Gasteiger partial charge in [-0.25, -0.2) is 0 Å². The first-order valence-corrected chi connectivity index (χ1v) is 8.93. The molecule has 3 amide bonds. The van der Waals surface area contributed by atoms with Gasteiger partial charge in [0.15, 0.2) is 0 Å². The predicted octanol–water partition coefficient (Wildman–Crippen LogP) is 1.82. The van der Waals surface area contributed by atoms with Gasteiger partial charge in [-0.1, -0.05) is 12.8 Å². The summed E-state index contributed by atoms with van der Waals surface area (Å²) in [5.41, 5.74) is 4.91. The summed E-state index contributed by atoms with van der Waals surface area (Å²) in [6.07, 6.45) is 3.53. The zero-order chi connectivity index (χ0) is 18.5. The van der Waals surface area contributed by atoms with Gasteiger partial charge >= 0.3 is 0 Å². The molecule has 6 nitrogen and oxygen atoms in total. The first-order chi connectivity index (χ1) is 11.0. The van der Waals surface area contributed by atoms with E-state index in [2.05, 4.69) is 5.32 Å². The smallest absolute Gasteiger partial charge is 0.226 e. The molecule has 1 saturated carbocycles. The Bertz CT molecular complexity index is 469. The van der Waals surface area contributed by atoms with E-state index in [-0.39, 0.29) is 41.7 Å². The summed E-state index contributed by atoms with van der Waals surface area (Å²) >= 11 is 0. The van der Waals surface area contributed by atoms with Crippen LogP contribution in [0.3, 0.4) is 0 Å². The lowest BCUT2D eigenvalue weighted by molar-refractivity contribution is -0.145. The largest absolute Gasteiger partial charge is 0.370 e. The van der Waals surface area contributed by atoms with Crippen molar-refractivity contribution in [2.24, 2.45) is 17.6 Å². The lowest BCUT2D eigenvalue weighted by atomic mass is 9.77. The Morgan fingerprint density at radius 3 is 2.12 bits per heavy atom. The molecule has 1 fully saturated rings. The quantitative estimate of drug-likeness (QED) is 0.773. The average molecular weight is 339 g/mol. The minimum atomic E-state index is -0.417. The maximum Gasteiger partial charge on any atom is 0.226 e. The molecule has 2 atom stereocenters. The molecule has 0 unspecified atom stereocenters. The van der Waals surface area contributed by atoms with Crippen molar-refractivity contribution in [2.75, 3.05) is 6.54 Å². The number of rotatable bonds is 6. The van der Waals surface area contributed by atoms with Crippen molar-refractivity contribution in [1.29, 1.82) is 0 Å². The van der Waals surface area contributed by atoms with Crippen LogP contribution in [0, 0.1) is 11.8 Å². The van der Waals surface area contributed by atoms with Crippen LogP contribution in [0.15, 0.2) is 0 Å². The standard InChI is InChI=1S/C18H33N3O3/c1-12(2)21(11-10-15(19)22)17(24)14-9-7-6-8-13(14)16(23)20-18(3,4)5/h12-14H,6-11H2,1-5H3,(H2,19,22)(H,20,23)/t13-,14+/m0/s1. The highest BCUT2D eigenvalue weighted by Crippen LogP contribution is 2.32. The first-order valence-electron chi connectivity index (χ1n) is 8.93. The Morgan fingerprint density at radius 2 is 1.67 bits per heavy atom. The van der Waals surface area contributed by atoms with Gasteiger partial charge in [-0.2, -0.15) is 0 Å². The molecule has 0 bridgehead atoms. The molecule has 3 N–H and O–H groups in total. The van der Waals surface area contributed by atoms with E-state index >= 15 is 0 Å². The molecule has 24 heavy (non-hydrogen) atoms. The molecule has 0 aromatic rings. The zero-order valence-corrected chi connectivity index (χ0v) is 15.7. The first kappa shape index (κ1) is 20.5. The van der Waals surface area contributed by atoms with Gasteiger partial charge in [0.05, 0.1) is 0 Å². The average Bonchev–Trinajstić information content (AvgIpc) is 2.44. The fourth-order valence-corrected chi connectivity index (χ4v) is 3.27. The number of nitrogens with one attached hydrogen (secondary N) is 1. The van der Waals surface area contributed by atoms with Crippen molar-refractivity contribution < 1.29 is 14.4 Å². The third kappa shape index (κ3) is 6.13. The molecule has 1 aliphatic carbocycles. The molecular formula is C18H33N3O3. The van der Waals surface area contributed by atoms with Crippen molar-refractivity contribution >= 4 is 17.7 Å². The van der Waals surface area contributed by atoms with Crippen LogP contribution >= 0.6 is 0 Å². The van der Waals surface area contributed by atoms with Crippen molar-refractivity contribution in [1.82, 2.24) is 10.2 Å². The molecule has 0 saturated heterocycles. The van der Waals surface area contributed by atoms with Crippen LogP contribution in [0.4, 0.5) is 0 Å². The van der Waals surface area contributed by atoms with Crippen molar-refractivity contribution in [2.45, 2.75) is 78.3 Å². The van der Waals surface area contributed by atoms with Crippen molar-refractivity contribution in [3.05, 3.63) is 0 Å². The van der Waals surface area contributed by atoms with E-state index in [1.165, 1.54) is 0 Å². The summed E-state index contributed by atoms with van der Waals surface area (Å²) < 4.78 is 0. The SMILES string of the molecule is CC(C)N(CCC(N)=O)C(=O)[C@@H]1CCCC[C@@H]1C(=O)NC(C)(C)C. The second-order valence-electron chi connectivity index (χ2n) is 8.08. The van der Waals surface area contributed by atoms with E-state index in [1.54, 1.807) is 4.90 Å². The summed E-state index contributed by atoms with van der Waals surface area (Å²) in [6.45, 7) is 9.99. The van der Waals surface area contributed by atoms with Crippen LogP contribution in [0.5, 0.6) is 0 Å². The fraction of sp³-hybridized carbons (Fsp3) is 0.833. The number of nitrogens with two attached hydrogens (primary N) is 1. The summed E-state index contributed by atoms with van der Waals surface area (Å²) in [5.74, 6) is -1.09. The Morgan fingerprint density at radius 1 is 1.12 bits per heavy atom. The van der Waals surface area contributed by atoms with Gasteiger partial charge in [0.1, 0.15) is 0 Å². The number of carbonyl (C=O) groups is 3. The summed E-state index contributed by atoms with van der Waals surface area (Å²) in [5, 5.41) is 3.01. The lowest BCUT2D eigenvalue weighted by Gasteiger charge is -2.37. The molecule has 0 aromatic carbocycles. The van der Waals surface area contributed by atoms with Gasteiger partial charge in [-0.05, 0) is 47.5 Å².